The standard InChI is InChI=1S/C30H43N9O4S/c1-44(40,41)37-23-17-26-27(32-19-23)18-28(39-11-3-2-4-12-39)36-29(26)43-24-7-5-22(6-8-24)35-30-33-20-25(21-34-30)42-16-15-38-13-9-31-10-14-38/h17-22,24,31,37H,2-16H2,1H3,(H,33,34,35)/t22-,24+. The summed E-state index contributed by atoms with van der Waals surface area (Å²) in [6.45, 7) is 7.58. The molecule has 44 heavy (non-hydrogen) atoms. The minimum atomic E-state index is -3.44. The topological polar surface area (TPSA) is 147 Å². The summed E-state index contributed by atoms with van der Waals surface area (Å²) in [6.07, 6.45) is 13.1. The Bertz CT molecular complexity index is 1490. The van der Waals surface area contributed by atoms with Gasteiger partial charge >= 0.3 is 0 Å². The number of fused-ring (bicyclic) bond motifs is 1. The van der Waals surface area contributed by atoms with E-state index in [-0.39, 0.29) is 12.1 Å². The molecule has 0 radical (unpaired) electrons. The zero-order valence-corrected chi connectivity index (χ0v) is 26.2. The normalized spacial score (nSPS) is 21.6. The number of hydrogen-bond acceptors (Lipinski definition) is 12. The van der Waals surface area contributed by atoms with Gasteiger partial charge in [-0.3, -0.25) is 14.6 Å². The minimum absolute atomic E-state index is 0.0146. The second-order valence-corrected chi connectivity index (χ2v) is 13.7. The van der Waals surface area contributed by atoms with Crippen LogP contribution in [-0.2, 0) is 10.0 Å². The lowest BCUT2D eigenvalue weighted by Gasteiger charge is -2.31. The SMILES string of the molecule is CS(=O)(=O)Nc1cnc2cc(N3CCCCC3)nc(O[C@H]3CC[C@@H](Nc4ncc(OCCN5CCNCC5)cn4)CC3)c2c1. The molecule has 0 atom stereocenters. The Kier molecular flexibility index (Phi) is 9.77. The molecule has 0 amide bonds. The van der Waals surface area contributed by atoms with Gasteiger partial charge in [0.1, 0.15) is 18.5 Å². The number of piperidine rings is 1. The molecule has 0 aromatic carbocycles. The molecule has 3 aromatic heterocycles. The van der Waals surface area contributed by atoms with E-state index in [2.05, 4.69) is 40.1 Å². The first-order chi connectivity index (χ1) is 21.4. The number of nitrogens with zero attached hydrogens (tertiary/aromatic N) is 6. The third kappa shape index (κ3) is 8.36. The van der Waals surface area contributed by atoms with E-state index in [1.54, 1.807) is 24.7 Å². The van der Waals surface area contributed by atoms with Crippen LogP contribution in [-0.4, -0.2) is 104 Å². The summed E-state index contributed by atoms with van der Waals surface area (Å²) >= 11 is 0. The maximum atomic E-state index is 11.9. The van der Waals surface area contributed by atoms with E-state index in [1.807, 2.05) is 6.07 Å². The first-order valence-corrected chi connectivity index (χ1v) is 17.6. The molecule has 3 aromatic rings. The van der Waals surface area contributed by atoms with Gasteiger partial charge in [0, 0.05) is 57.9 Å². The molecule has 13 nitrogen and oxygen atoms in total. The fourth-order valence-corrected chi connectivity index (χ4v) is 6.62. The van der Waals surface area contributed by atoms with E-state index in [9.17, 15) is 8.42 Å². The van der Waals surface area contributed by atoms with E-state index in [0.29, 0.717) is 35.3 Å². The molecular weight excluding hydrogens is 582 g/mol. The highest BCUT2D eigenvalue weighted by molar-refractivity contribution is 7.92. The van der Waals surface area contributed by atoms with E-state index >= 15 is 0 Å². The molecule has 6 rings (SSSR count). The minimum Gasteiger partial charge on any atom is -0.489 e. The number of anilines is 3. The predicted molar refractivity (Wildman–Crippen MR) is 171 cm³/mol. The van der Waals surface area contributed by atoms with Gasteiger partial charge in [-0.15, -0.1) is 0 Å². The lowest BCUT2D eigenvalue weighted by molar-refractivity contribution is 0.146. The summed E-state index contributed by atoms with van der Waals surface area (Å²) in [4.78, 5) is 23.1. The lowest BCUT2D eigenvalue weighted by atomic mass is 9.93. The van der Waals surface area contributed by atoms with Crippen molar-refractivity contribution < 1.29 is 17.9 Å². The number of hydrogen-bond donors (Lipinski definition) is 3. The summed E-state index contributed by atoms with van der Waals surface area (Å²) in [5, 5.41) is 7.52. The number of ether oxygens (including phenoxy) is 2. The zero-order chi connectivity index (χ0) is 30.4. The molecule has 3 N–H and O–H groups in total. The number of piperazine rings is 1. The van der Waals surface area contributed by atoms with Crippen LogP contribution in [0.15, 0.2) is 30.7 Å². The second-order valence-electron chi connectivity index (χ2n) is 11.9. The van der Waals surface area contributed by atoms with Gasteiger partial charge in [-0.1, -0.05) is 0 Å². The van der Waals surface area contributed by atoms with Crippen molar-refractivity contribution in [2.24, 2.45) is 0 Å². The fraction of sp³-hybridized carbons (Fsp3) is 0.600. The number of pyridine rings is 2. The van der Waals surface area contributed by atoms with Crippen LogP contribution in [0.5, 0.6) is 11.6 Å². The van der Waals surface area contributed by atoms with Crippen molar-refractivity contribution in [1.29, 1.82) is 0 Å². The molecule has 3 aliphatic rings. The molecule has 0 unspecified atom stereocenters. The van der Waals surface area contributed by atoms with E-state index < -0.39 is 10.0 Å². The highest BCUT2D eigenvalue weighted by atomic mass is 32.2. The van der Waals surface area contributed by atoms with Crippen molar-refractivity contribution in [3.05, 3.63) is 30.7 Å². The largest absolute Gasteiger partial charge is 0.489 e. The molecule has 3 fully saturated rings. The fourth-order valence-electron chi connectivity index (χ4n) is 6.08. The smallest absolute Gasteiger partial charge is 0.229 e. The average molecular weight is 626 g/mol. The average Bonchev–Trinajstić information content (AvgIpc) is 3.03. The van der Waals surface area contributed by atoms with Gasteiger partial charge in [-0.2, -0.15) is 4.98 Å². The first kappa shape index (κ1) is 30.5. The number of sulfonamides is 1. The third-order valence-corrected chi connectivity index (χ3v) is 9.02. The highest BCUT2D eigenvalue weighted by Crippen LogP contribution is 2.33. The predicted octanol–water partition coefficient (Wildman–Crippen LogP) is 2.87. The van der Waals surface area contributed by atoms with E-state index in [1.165, 1.54) is 6.42 Å². The van der Waals surface area contributed by atoms with Crippen LogP contribution < -0.4 is 29.7 Å². The summed E-state index contributed by atoms with van der Waals surface area (Å²) < 4.78 is 38.6. The van der Waals surface area contributed by atoms with Crippen LogP contribution in [0.4, 0.5) is 17.5 Å². The van der Waals surface area contributed by atoms with Gasteiger partial charge in [-0.05, 0) is 51.0 Å². The Morgan fingerprint density at radius 3 is 2.43 bits per heavy atom. The number of rotatable bonds is 11. The van der Waals surface area contributed by atoms with Gasteiger partial charge in [0.05, 0.1) is 41.4 Å². The number of aromatic nitrogens is 4. The zero-order valence-electron chi connectivity index (χ0n) is 25.4. The second kappa shape index (κ2) is 14.1. The van der Waals surface area contributed by atoms with E-state index in [0.717, 1.165) is 102 Å². The molecule has 238 valence electrons. The van der Waals surface area contributed by atoms with Gasteiger partial charge in [0.2, 0.25) is 21.9 Å². The van der Waals surface area contributed by atoms with Crippen LogP contribution >= 0.6 is 0 Å². The molecule has 2 saturated heterocycles. The Balaban J connectivity index is 1.06. The van der Waals surface area contributed by atoms with Crippen molar-refractivity contribution in [1.82, 2.24) is 30.2 Å². The van der Waals surface area contributed by atoms with Crippen molar-refractivity contribution >= 4 is 38.4 Å². The molecule has 0 bridgehead atoms. The molecule has 1 aliphatic carbocycles. The van der Waals surface area contributed by atoms with Crippen molar-refractivity contribution in [2.45, 2.75) is 57.1 Å². The molecule has 5 heterocycles. The lowest BCUT2D eigenvalue weighted by Crippen LogP contribution is -2.44. The maximum Gasteiger partial charge on any atom is 0.229 e. The quantitative estimate of drug-likeness (QED) is 0.288. The summed E-state index contributed by atoms with van der Waals surface area (Å²) in [5.74, 6) is 2.63. The Morgan fingerprint density at radius 1 is 0.955 bits per heavy atom. The van der Waals surface area contributed by atoms with Crippen LogP contribution in [0.25, 0.3) is 10.9 Å². The molecule has 14 heteroatoms. The summed E-state index contributed by atoms with van der Waals surface area (Å²) in [5.41, 5.74) is 1.12. The van der Waals surface area contributed by atoms with Crippen LogP contribution in [0.3, 0.4) is 0 Å². The van der Waals surface area contributed by atoms with Gasteiger partial charge in [0.25, 0.3) is 0 Å². The van der Waals surface area contributed by atoms with E-state index in [4.69, 9.17) is 14.5 Å². The Labute approximate surface area is 259 Å². The van der Waals surface area contributed by atoms with Crippen LogP contribution in [0.1, 0.15) is 44.9 Å². The van der Waals surface area contributed by atoms with Crippen molar-refractivity contribution in [3.63, 3.8) is 0 Å². The molecule has 1 saturated carbocycles. The number of nitrogens with one attached hydrogen (secondary N) is 3. The molecule has 0 spiro atoms. The highest BCUT2D eigenvalue weighted by Gasteiger charge is 2.25. The van der Waals surface area contributed by atoms with Crippen molar-refractivity contribution in [2.75, 3.05) is 73.6 Å². The monoisotopic (exact) mass is 625 g/mol. The van der Waals surface area contributed by atoms with Crippen LogP contribution in [0, 0.1) is 0 Å². The molecule has 2 aliphatic heterocycles. The Hall–Kier alpha value is -3.49. The molecular formula is C30H43N9O4S. The van der Waals surface area contributed by atoms with Gasteiger partial charge in [0.15, 0.2) is 5.75 Å². The van der Waals surface area contributed by atoms with Crippen molar-refractivity contribution in [3.8, 4) is 11.6 Å². The van der Waals surface area contributed by atoms with Gasteiger partial charge < -0.3 is 25.0 Å². The summed E-state index contributed by atoms with van der Waals surface area (Å²) in [7, 11) is -3.44. The maximum absolute atomic E-state index is 11.9. The first-order valence-electron chi connectivity index (χ1n) is 15.7. The summed E-state index contributed by atoms with van der Waals surface area (Å²) in [6, 6.07) is 3.97. The van der Waals surface area contributed by atoms with Gasteiger partial charge in [-0.25, -0.2) is 18.4 Å². The van der Waals surface area contributed by atoms with Crippen LogP contribution in [0.2, 0.25) is 0 Å². The Morgan fingerprint density at radius 2 is 1.70 bits per heavy atom. The third-order valence-electron chi connectivity index (χ3n) is 8.41.